The first-order valence-corrected chi connectivity index (χ1v) is 7.55. The van der Waals surface area contributed by atoms with Crippen molar-refractivity contribution in [3.8, 4) is 17.0 Å². The minimum absolute atomic E-state index is 0.0839. The summed E-state index contributed by atoms with van der Waals surface area (Å²) in [6.07, 6.45) is 1.39. The Hall–Kier alpha value is -1.85. The average molecular weight is 320 g/mol. The summed E-state index contributed by atoms with van der Waals surface area (Å²) in [5.41, 5.74) is 1.34. The number of halogens is 1. The van der Waals surface area contributed by atoms with Crippen molar-refractivity contribution in [1.29, 1.82) is 0 Å². The first-order chi connectivity index (χ1) is 10.4. The van der Waals surface area contributed by atoms with Crippen LogP contribution in [0.2, 0.25) is 5.02 Å². The second kappa shape index (κ2) is 5.41. The zero-order chi connectivity index (χ0) is 15.9. The number of rotatable bonds is 3. The van der Waals surface area contributed by atoms with Crippen molar-refractivity contribution in [1.82, 2.24) is 10.2 Å². The second-order valence-corrected chi connectivity index (χ2v) is 6.55. The summed E-state index contributed by atoms with van der Waals surface area (Å²) in [6.45, 7) is 3.72. The molecule has 1 fully saturated rings. The lowest BCUT2D eigenvalue weighted by atomic mass is 9.77. The lowest BCUT2D eigenvalue weighted by Crippen LogP contribution is -2.48. The quantitative estimate of drug-likeness (QED) is 0.810. The fourth-order valence-corrected chi connectivity index (χ4v) is 3.12. The molecule has 0 radical (unpaired) electrons. The minimum atomic E-state index is -0.580. The standard InChI is InChI=1S/C16H18ClN3O2/c1-9-6-13(18-10-7-16(2,22)8-10)19-20-15(9)14-11(17)4-3-5-12(14)21/h3-6,10,21-22H,7-8H2,1-2H3,(H,18,19). The van der Waals surface area contributed by atoms with Gasteiger partial charge in [0.2, 0.25) is 0 Å². The average Bonchev–Trinajstić information content (AvgIpc) is 2.38. The molecular formula is C16H18ClN3O2. The van der Waals surface area contributed by atoms with Crippen molar-refractivity contribution in [3.05, 3.63) is 34.9 Å². The molecular weight excluding hydrogens is 302 g/mol. The van der Waals surface area contributed by atoms with E-state index in [1.54, 1.807) is 18.2 Å². The Kier molecular flexibility index (Phi) is 3.70. The maximum absolute atomic E-state index is 9.99. The molecule has 1 aliphatic carbocycles. The third-order valence-electron chi connectivity index (χ3n) is 3.94. The highest BCUT2D eigenvalue weighted by atomic mass is 35.5. The number of hydrogen-bond acceptors (Lipinski definition) is 5. The van der Waals surface area contributed by atoms with E-state index in [1.165, 1.54) is 0 Å². The highest BCUT2D eigenvalue weighted by Gasteiger charge is 2.38. The zero-order valence-electron chi connectivity index (χ0n) is 12.5. The van der Waals surface area contributed by atoms with E-state index in [9.17, 15) is 10.2 Å². The highest BCUT2D eigenvalue weighted by molar-refractivity contribution is 6.33. The molecule has 0 spiro atoms. The maximum atomic E-state index is 9.99. The Balaban J connectivity index is 1.84. The maximum Gasteiger partial charge on any atom is 0.149 e. The van der Waals surface area contributed by atoms with Crippen molar-refractivity contribution in [2.24, 2.45) is 0 Å². The van der Waals surface area contributed by atoms with Gasteiger partial charge in [-0.25, -0.2) is 0 Å². The van der Waals surface area contributed by atoms with Gasteiger partial charge in [-0.1, -0.05) is 17.7 Å². The van der Waals surface area contributed by atoms with Crippen LogP contribution in [0.15, 0.2) is 24.3 Å². The van der Waals surface area contributed by atoms with Crippen LogP contribution in [-0.2, 0) is 0 Å². The summed E-state index contributed by atoms with van der Waals surface area (Å²) in [5, 5.41) is 31.8. The van der Waals surface area contributed by atoms with Gasteiger partial charge in [-0.15, -0.1) is 10.2 Å². The van der Waals surface area contributed by atoms with Crippen molar-refractivity contribution in [2.75, 3.05) is 5.32 Å². The minimum Gasteiger partial charge on any atom is -0.507 e. The number of nitrogens with zero attached hydrogens (tertiary/aromatic N) is 2. The molecule has 1 heterocycles. The van der Waals surface area contributed by atoms with Crippen molar-refractivity contribution >= 4 is 17.4 Å². The summed E-state index contributed by atoms with van der Waals surface area (Å²) in [7, 11) is 0. The van der Waals surface area contributed by atoms with Gasteiger partial charge in [0.25, 0.3) is 0 Å². The molecule has 0 atom stereocenters. The lowest BCUT2D eigenvalue weighted by molar-refractivity contribution is -0.0235. The third kappa shape index (κ3) is 2.87. The molecule has 3 rings (SSSR count). The van der Waals surface area contributed by atoms with Gasteiger partial charge in [0.05, 0.1) is 16.2 Å². The summed E-state index contributed by atoms with van der Waals surface area (Å²) < 4.78 is 0. The molecule has 1 aromatic carbocycles. The van der Waals surface area contributed by atoms with Crippen LogP contribution in [0.25, 0.3) is 11.3 Å². The number of nitrogens with one attached hydrogen (secondary N) is 1. The number of phenolic OH excluding ortho intramolecular Hbond substituents is 1. The van der Waals surface area contributed by atoms with E-state index in [1.807, 2.05) is 19.9 Å². The molecule has 0 saturated heterocycles. The van der Waals surface area contributed by atoms with Gasteiger partial charge in [-0.2, -0.15) is 0 Å². The molecule has 0 aliphatic heterocycles. The van der Waals surface area contributed by atoms with Gasteiger partial charge >= 0.3 is 0 Å². The predicted molar refractivity (Wildman–Crippen MR) is 86.1 cm³/mol. The monoisotopic (exact) mass is 319 g/mol. The number of hydrogen-bond donors (Lipinski definition) is 3. The van der Waals surface area contributed by atoms with Crippen LogP contribution in [0.3, 0.4) is 0 Å². The SMILES string of the molecule is Cc1cc(NC2CC(C)(O)C2)nnc1-c1c(O)cccc1Cl. The first kappa shape index (κ1) is 15.1. The number of aromatic hydroxyl groups is 1. The predicted octanol–water partition coefficient (Wildman–Crippen LogP) is 3.14. The van der Waals surface area contributed by atoms with Gasteiger partial charge in [0, 0.05) is 6.04 Å². The Bertz CT molecular complexity index is 690. The van der Waals surface area contributed by atoms with E-state index >= 15 is 0 Å². The Morgan fingerprint density at radius 2 is 2.05 bits per heavy atom. The number of phenols is 1. The number of aryl methyl sites for hydroxylation is 1. The fourth-order valence-electron chi connectivity index (χ4n) is 2.86. The number of benzene rings is 1. The Morgan fingerprint density at radius 3 is 2.64 bits per heavy atom. The summed E-state index contributed by atoms with van der Waals surface area (Å²) in [5.74, 6) is 0.744. The smallest absolute Gasteiger partial charge is 0.149 e. The van der Waals surface area contributed by atoms with Crippen LogP contribution < -0.4 is 5.32 Å². The van der Waals surface area contributed by atoms with Gasteiger partial charge in [0.15, 0.2) is 0 Å². The van der Waals surface area contributed by atoms with Gasteiger partial charge in [-0.3, -0.25) is 0 Å². The molecule has 0 bridgehead atoms. The van der Waals surface area contributed by atoms with Crippen LogP contribution in [0.1, 0.15) is 25.3 Å². The highest BCUT2D eigenvalue weighted by Crippen LogP contribution is 2.37. The Labute approximate surface area is 134 Å². The van der Waals surface area contributed by atoms with Gasteiger partial charge in [0.1, 0.15) is 17.3 Å². The van der Waals surface area contributed by atoms with Crippen LogP contribution in [-0.4, -0.2) is 32.1 Å². The van der Waals surface area contributed by atoms with E-state index in [4.69, 9.17) is 11.6 Å². The summed E-state index contributed by atoms with van der Waals surface area (Å²) >= 11 is 6.15. The van der Waals surface area contributed by atoms with E-state index in [-0.39, 0.29) is 11.8 Å². The van der Waals surface area contributed by atoms with Crippen LogP contribution in [0.5, 0.6) is 5.75 Å². The topological polar surface area (TPSA) is 78.3 Å². The molecule has 1 saturated carbocycles. The molecule has 2 aromatic rings. The molecule has 1 aromatic heterocycles. The van der Waals surface area contributed by atoms with E-state index in [0.29, 0.717) is 34.9 Å². The molecule has 116 valence electrons. The van der Waals surface area contributed by atoms with Gasteiger partial charge < -0.3 is 15.5 Å². The molecule has 1 aliphatic rings. The second-order valence-electron chi connectivity index (χ2n) is 6.14. The van der Waals surface area contributed by atoms with E-state index in [0.717, 1.165) is 5.56 Å². The lowest BCUT2D eigenvalue weighted by Gasteiger charge is -2.41. The molecule has 6 heteroatoms. The fraction of sp³-hybridized carbons (Fsp3) is 0.375. The van der Waals surface area contributed by atoms with E-state index in [2.05, 4.69) is 15.5 Å². The molecule has 22 heavy (non-hydrogen) atoms. The van der Waals surface area contributed by atoms with Crippen LogP contribution in [0.4, 0.5) is 5.82 Å². The molecule has 5 nitrogen and oxygen atoms in total. The number of aromatic nitrogens is 2. The van der Waals surface area contributed by atoms with Gasteiger partial charge in [-0.05, 0) is 50.5 Å². The van der Waals surface area contributed by atoms with Crippen molar-refractivity contribution in [2.45, 2.75) is 38.3 Å². The van der Waals surface area contributed by atoms with Crippen molar-refractivity contribution < 1.29 is 10.2 Å². The number of aliphatic hydroxyl groups is 1. The zero-order valence-corrected chi connectivity index (χ0v) is 13.2. The van der Waals surface area contributed by atoms with E-state index < -0.39 is 5.60 Å². The molecule has 0 unspecified atom stereocenters. The normalized spacial score (nSPS) is 23.9. The van der Waals surface area contributed by atoms with Crippen LogP contribution >= 0.6 is 11.6 Å². The molecule has 3 N–H and O–H groups in total. The van der Waals surface area contributed by atoms with Crippen molar-refractivity contribution in [3.63, 3.8) is 0 Å². The third-order valence-corrected chi connectivity index (χ3v) is 4.25. The number of anilines is 1. The summed E-state index contributed by atoms with van der Waals surface area (Å²) in [6, 6.07) is 7.05. The largest absolute Gasteiger partial charge is 0.507 e. The summed E-state index contributed by atoms with van der Waals surface area (Å²) in [4.78, 5) is 0. The van der Waals surface area contributed by atoms with Crippen LogP contribution in [0, 0.1) is 6.92 Å². The Morgan fingerprint density at radius 1 is 1.32 bits per heavy atom. The first-order valence-electron chi connectivity index (χ1n) is 7.17. The molecule has 0 amide bonds.